The molecule has 5 heteroatoms. The van der Waals surface area contributed by atoms with Crippen LogP contribution in [0.5, 0.6) is 5.75 Å². The van der Waals surface area contributed by atoms with Gasteiger partial charge in [-0.05, 0) is 38.1 Å². The molecule has 20 heavy (non-hydrogen) atoms. The van der Waals surface area contributed by atoms with Gasteiger partial charge in [-0.15, -0.1) is 0 Å². The third kappa shape index (κ3) is 4.63. The minimum Gasteiger partial charge on any atom is -0.489 e. The predicted molar refractivity (Wildman–Crippen MR) is 81.5 cm³/mol. The summed E-state index contributed by atoms with van der Waals surface area (Å²) < 4.78 is 11.4. The number of benzene rings is 1. The quantitative estimate of drug-likeness (QED) is 0.902. The molecule has 2 unspecified atom stereocenters. The Balaban J connectivity index is 1.89. The highest BCUT2D eigenvalue weighted by Gasteiger charge is 2.18. The van der Waals surface area contributed by atoms with Gasteiger partial charge in [0.15, 0.2) is 0 Å². The largest absolute Gasteiger partial charge is 0.489 e. The molecule has 0 radical (unpaired) electrons. The zero-order valence-electron chi connectivity index (χ0n) is 12.1. The molecule has 112 valence electrons. The maximum atomic E-state index is 6.24. The van der Waals surface area contributed by atoms with Crippen LogP contribution in [0.4, 0.5) is 0 Å². The van der Waals surface area contributed by atoms with Crippen LogP contribution in [0.25, 0.3) is 0 Å². The van der Waals surface area contributed by atoms with Gasteiger partial charge >= 0.3 is 0 Å². The van der Waals surface area contributed by atoms with E-state index in [2.05, 4.69) is 11.9 Å². The molecular weight excluding hydrogens is 276 g/mol. The zero-order valence-corrected chi connectivity index (χ0v) is 12.9. The third-order valence-corrected chi connectivity index (χ3v) is 3.62. The van der Waals surface area contributed by atoms with Gasteiger partial charge in [0.2, 0.25) is 0 Å². The number of nitrogens with two attached hydrogens (primary N) is 1. The van der Waals surface area contributed by atoms with Crippen molar-refractivity contribution in [3.8, 4) is 5.75 Å². The van der Waals surface area contributed by atoms with E-state index >= 15 is 0 Å². The summed E-state index contributed by atoms with van der Waals surface area (Å²) in [6.07, 6.45) is 0.921. The smallest absolute Gasteiger partial charge is 0.138 e. The Labute approximate surface area is 125 Å². The fourth-order valence-electron chi connectivity index (χ4n) is 2.31. The van der Waals surface area contributed by atoms with Gasteiger partial charge in [-0.2, -0.15) is 0 Å². The van der Waals surface area contributed by atoms with E-state index in [1.54, 1.807) is 0 Å². The number of hydrogen-bond donors (Lipinski definition) is 1. The fraction of sp³-hybridized carbons (Fsp3) is 0.600. The first kappa shape index (κ1) is 15.6. The van der Waals surface area contributed by atoms with E-state index in [1.807, 2.05) is 25.1 Å². The standard InChI is InChI=1S/C15H23ClN2O2/c1-11(17)7-12-3-4-15(14(16)8-12)20-10-13-9-18(2)5-6-19-13/h3-4,8,11,13H,5-7,9-10,17H2,1-2H3. The van der Waals surface area contributed by atoms with E-state index in [0.717, 1.165) is 31.7 Å². The van der Waals surface area contributed by atoms with Crippen LogP contribution < -0.4 is 10.5 Å². The van der Waals surface area contributed by atoms with E-state index in [4.69, 9.17) is 26.8 Å². The Hall–Kier alpha value is -0.810. The molecule has 0 bridgehead atoms. The minimum atomic E-state index is 0.105. The number of morpholine rings is 1. The minimum absolute atomic E-state index is 0.105. The van der Waals surface area contributed by atoms with Crippen molar-refractivity contribution in [3.05, 3.63) is 28.8 Å². The molecule has 0 aromatic heterocycles. The predicted octanol–water partition coefficient (Wildman–Crippen LogP) is 1.94. The molecule has 0 aliphatic carbocycles. The van der Waals surface area contributed by atoms with Crippen LogP contribution in [0.2, 0.25) is 5.02 Å². The molecule has 1 aliphatic heterocycles. The van der Waals surface area contributed by atoms with Crippen LogP contribution >= 0.6 is 11.6 Å². The van der Waals surface area contributed by atoms with Gasteiger partial charge in [0, 0.05) is 19.1 Å². The van der Waals surface area contributed by atoms with Crippen LogP contribution in [0.3, 0.4) is 0 Å². The molecule has 4 nitrogen and oxygen atoms in total. The van der Waals surface area contributed by atoms with Crippen LogP contribution in [-0.2, 0) is 11.2 Å². The van der Waals surface area contributed by atoms with Crippen molar-refractivity contribution in [3.63, 3.8) is 0 Å². The SMILES string of the molecule is CC(N)Cc1ccc(OCC2CN(C)CCO2)c(Cl)c1. The highest BCUT2D eigenvalue weighted by atomic mass is 35.5. The van der Waals surface area contributed by atoms with Gasteiger partial charge in [-0.1, -0.05) is 17.7 Å². The molecular formula is C15H23ClN2O2. The Kier molecular flexibility index (Phi) is 5.66. The molecule has 1 aromatic rings. The first-order valence-electron chi connectivity index (χ1n) is 7.01. The highest BCUT2D eigenvalue weighted by molar-refractivity contribution is 6.32. The molecule has 0 spiro atoms. The fourth-order valence-corrected chi connectivity index (χ4v) is 2.57. The van der Waals surface area contributed by atoms with E-state index in [0.29, 0.717) is 17.4 Å². The molecule has 1 fully saturated rings. The second kappa shape index (κ2) is 7.27. The van der Waals surface area contributed by atoms with Crippen LogP contribution in [0.15, 0.2) is 18.2 Å². The number of likely N-dealkylation sites (N-methyl/N-ethyl adjacent to an activating group) is 1. The summed E-state index contributed by atoms with van der Waals surface area (Å²) in [6, 6.07) is 5.98. The van der Waals surface area contributed by atoms with Crippen molar-refractivity contribution in [1.82, 2.24) is 4.90 Å². The molecule has 0 amide bonds. The first-order chi connectivity index (χ1) is 9.54. The number of rotatable bonds is 5. The Morgan fingerprint density at radius 2 is 2.35 bits per heavy atom. The normalized spacial score (nSPS) is 21.7. The summed E-state index contributed by atoms with van der Waals surface area (Å²) in [6.45, 7) is 5.13. The lowest BCUT2D eigenvalue weighted by atomic mass is 10.1. The number of ether oxygens (including phenoxy) is 2. The second-order valence-electron chi connectivity index (χ2n) is 5.51. The molecule has 1 aromatic carbocycles. The number of hydrogen-bond acceptors (Lipinski definition) is 4. The average Bonchev–Trinajstić information content (AvgIpc) is 2.37. The topological polar surface area (TPSA) is 47.7 Å². The summed E-state index contributed by atoms with van der Waals surface area (Å²) >= 11 is 6.24. The Bertz CT molecular complexity index is 440. The van der Waals surface area contributed by atoms with Crippen LogP contribution in [0.1, 0.15) is 12.5 Å². The van der Waals surface area contributed by atoms with Crippen LogP contribution in [-0.4, -0.2) is 50.4 Å². The average molecular weight is 299 g/mol. The number of nitrogens with zero attached hydrogens (tertiary/aromatic N) is 1. The number of halogens is 1. The van der Waals surface area contributed by atoms with E-state index < -0.39 is 0 Å². The monoisotopic (exact) mass is 298 g/mol. The van der Waals surface area contributed by atoms with Gasteiger partial charge in [-0.25, -0.2) is 0 Å². The third-order valence-electron chi connectivity index (χ3n) is 3.32. The molecule has 2 atom stereocenters. The lowest BCUT2D eigenvalue weighted by molar-refractivity contribution is -0.0403. The van der Waals surface area contributed by atoms with Gasteiger partial charge in [0.1, 0.15) is 18.5 Å². The molecule has 2 N–H and O–H groups in total. The summed E-state index contributed by atoms with van der Waals surface area (Å²) in [5.74, 6) is 0.705. The van der Waals surface area contributed by atoms with Gasteiger partial charge in [0.25, 0.3) is 0 Å². The van der Waals surface area contributed by atoms with Gasteiger partial charge in [-0.3, -0.25) is 0 Å². The van der Waals surface area contributed by atoms with Gasteiger partial charge in [0.05, 0.1) is 11.6 Å². The Morgan fingerprint density at radius 1 is 1.55 bits per heavy atom. The van der Waals surface area contributed by atoms with Crippen LogP contribution in [0, 0.1) is 0 Å². The molecule has 0 saturated carbocycles. The summed E-state index contributed by atoms with van der Waals surface area (Å²) in [5, 5.41) is 0.632. The second-order valence-corrected chi connectivity index (χ2v) is 5.92. The van der Waals surface area contributed by atoms with Crippen molar-refractivity contribution < 1.29 is 9.47 Å². The molecule has 1 saturated heterocycles. The molecule has 1 heterocycles. The van der Waals surface area contributed by atoms with E-state index in [9.17, 15) is 0 Å². The van der Waals surface area contributed by atoms with Crippen molar-refractivity contribution in [2.45, 2.75) is 25.5 Å². The van der Waals surface area contributed by atoms with E-state index in [-0.39, 0.29) is 12.1 Å². The summed E-state index contributed by atoms with van der Waals surface area (Å²) in [7, 11) is 2.09. The lowest BCUT2D eigenvalue weighted by Gasteiger charge is -2.29. The Morgan fingerprint density at radius 3 is 3.00 bits per heavy atom. The summed E-state index contributed by atoms with van der Waals surface area (Å²) in [5.41, 5.74) is 6.92. The van der Waals surface area contributed by atoms with E-state index in [1.165, 1.54) is 0 Å². The molecule has 1 aliphatic rings. The van der Waals surface area contributed by atoms with Crippen molar-refractivity contribution in [2.75, 3.05) is 33.4 Å². The van der Waals surface area contributed by atoms with Crippen molar-refractivity contribution >= 4 is 11.6 Å². The highest BCUT2D eigenvalue weighted by Crippen LogP contribution is 2.26. The maximum absolute atomic E-state index is 6.24. The maximum Gasteiger partial charge on any atom is 0.138 e. The molecule has 2 rings (SSSR count). The van der Waals surface area contributed by atoms with Crippen molar-refractivity contribution in [1.29, 1.82) is 0 Å². The first-order valence-corrected chi connectivity index (χ1v) is 7.39. The van der Waals surface area contributed by atoms with Crippen molar-refractivity contribution in [2.24, 2.45) is 5.73 Å². The lowest BCUT2D eigenvalue weighted by Crippen LogP contribution is -2.42. The van der Waals surface area contributed by atoms with Gasteiger partial charge < -0.3 is 20.1 Å². The zero-order chi connectivity index (χ0) is 14.5. The summed E-state index contributed by atoms with van der Waals surface area (Å²) in [4.78, 5) is 2.24.